The lowest BCUT2D eigenvalue weighted by molar-refractivity contribution is 0.594. The van der Waals surface area contributed by atoms with Gasteiger partial charge in [0.15, 0.2) is 0 Å². The van der Waals surface area contributed by atoms with Gasteiger partial charge in [-0.1, -0.05) is 42.0 Å². The van der Waals surface area contributed by atoms with Crippen LogP contribution in [0.2, 0.25) is 0 Å². The molecule has 0 saturated heterocycles. The fourth-order valence-corrected chi connectivity index (χ4v) is 0.988. The van der Waals surface area contributed by atoms with Gasteiger partial charge in [-0.2, -0.15) is 0 Å². The Morgan fingerprint density at radius 1 is 1.64 bits per heavy atom. The molecule has 0 aromatic rings. The van der Waals surface area contributed by atoms with Crippen molar-refractivity contribution in [3.05, 3.63) is 11.8 Å². The molecule has 0 rings (SSSR count). The smallest absolute Gasteiger partial charge is 0.0194 e. The number of halogens is 1. The molecule has 11 heavy (non-hydrogen) atoms. The van der Waals surface area contributed by atoms with Crippen molar-refractivity contribution in [2.45, 2.75) is 43.5 Å². The zero-order chi connectivity index (χ0) is 8.91. The summed E-state index contributed by atoms with van der Waals surface area (Å²) in [7, 11) is 0. The molecule has 0 bridgehead atoms. The molecule has 0 radical (unpaired) electrons. The molecule has 0 aromatic carbocycles. The van der Waals surface area contributed by atoms with Crippen molar-refractivity contribution in [1.82, 2.24) is 0 Å². The van der Waals surface area contributed by atoms with Gasteiger partial charge < -0.3 is 5.73 Å². The molecule has 2 N–H and O–H groups in total. The van der Waals surface area contributed by atoms with Crippen molar-refractivity contribution in [2.75, 3.05) is 0 Å². The van der Waals surface area contributed by atoms with Gasteiger partial charge in [0.2, 0.25) is 0 Å². The zero-order valence-corrected chi connectivity index (χ0v) is 9.81. The molecule has 0 aliphatic carbocycles. The van der Waals surface area contributed by atoms with E-state index >= 15 is 0 Å². The van der Waals surface area contributed by atoms with Crippen molar-refractivity contribution in [2.24, 2.45) is 5.73 Å². The average Bonchev–Trinajstić information content (AvgIpc) is 2.00. The first-order valence-corrected chi connectivity index (χ1v) is 5.16. The Hall–Kier alpha value is 0.270. The van der Waals surface area contributed by atoms with Crippen LogP contribution in [-0.4, -0.2) is 3.42 Å². The fourth-order valence-electron chi connectivity index (χ4n) is 0.718. The minimum Gasteiger partial charge on any atom is -0.405 e. The van der Waals surface area contributed by atoms with Crippen LogP contribution in [0.3, 0.4) is 0 Å². The van der Waals surface area contributed by atoms with Crippen molar-refractivity contribution in [3.8, 4) is 0 Å². The topological polar surface area (TPSA) is 26.0 Å². The molecule has 1 atom stereocenters. The molecular formula is C9H18IN. The molecule has 1 nitrogen and oxygen atoms in total. The predicted molar refractivity (Wildman–Crippen MR) is 59.9 cm³/mol. The lowest BCUT2D eigenvalue weighted by Crippen LogP contribution is -2.13. The third-order valence-corrected chi connectivity index (χ3v) is 3.36. The largest absolute Gasteiger partial charge is 0.405 e. The Balaban J connectivity index is 3.70. The number of rotatable bonds is 4. The maximum absolute atomic E-state index is 5.38. The maximum Gasteiger partial charge on any atom is 0.0194 e. The second-order valence-corrected chi connectivity index (χ2v) is 5.88. The van der Waals surface area contributed by atoms with Crippen LogP contribution in [0, 0.1) is 0 Å². The van der Waals surface area contributed by atoms with E-state index < -0.39 is 0 Å². The SMILES string of the molecule is CCC(C)(I)CC/C(C)=C\N. The van der Waals surface area contributed by atoms with Crippen LogP contribution in [-0.2, 0) is 0 Å². The summed E-state index contributed by atoms with van der Waals surface area (Å²) >= 11 is 2.52. The lowest BCUT2D eigenvalue weighted by atomic mass is 10.00. The third kappa shape index (κ3) is 5.53. The molecule has 66 valence electrons. The van der Waals surface area contributed by atoms with Gasteiger partial charge in [0, 0.05) is 3.42 Å². The van der Waals surface area contributed by atoms with Gasteiger partial charge in [-0.3, -0.25) is 0 Å². The summed E-state index contributed by atoms with van der Waals surface area (Å²) in [5.74, 6) is 0. The molecule has 2 heteroatoms. The van der Waals surface area contributed by atoms with Gasteiger partial charge in [-0.15, -0.1) is 0 Å². The summed E-state index contributed by atoms with van der Waals surface area (Å²) in [6, 6.07) is 0. The highest BCUT2D eigenvalue weighted by molar-refractivity contribution is 14.1. The number of allylic oxidation sites excluding steroid dienone is 1. The van der Waals surface area contributed by atoms with Crippen molar-refractivity contribution >= 4 is 22.6 Å². The molecule has 0 heterocycles. The van der Waals surface area contributed by atoms with Crippen LogP contribution in [0.1, 0.15) is 40.0 Å². The molecule has 0 spiro atoms. The lowest BCUT2D eigenvalue weighted by Gasteiger charge is -2.19. The number of alkyl halides is 1. The van der Waals surface area contributed by atoms with E-state index in [0.29, 0.717) is 3.42 Å². The molecular weight excluding hydrogens is 249 g/mol. The minimum absolute atomic E-state index is 0.446. The normalized spacial score (nSPS) is 18.0. The molecule has 0 saturated carbocycles. The van der Waals surface area contributed by atoms with Gasteiger partial charge in [0.25, 0.3) is 0 Å². The Bertz CT molecular complexity index is 138. The second kappa shape index (κ2) is 5.01. The third-order valence-electron chi connectivity index (χ3n) is 2.06. The predicted octanol–water partition coefficient (Wildman–Crippen LogP) is 3.23. The quantitative estimate of drug-likeness (QED) is 0.614. The van der Waals surface area contributed by atoms with Crippen molar-refractivity contribution in [3.63, 3.8) is 0 Å². The van der Waals surface area contributed by atoms with Crippen LogP contribution in [0.15, 0.2) is 11.8 Å². The van der Waals surface area contributed by atoms with Gasteiger partial charge in [0.1, 0.15) is 0 Å². The first kappa shape index (κ1) is 11.3. The zero-order valence-electron chi connectivity index (χ0n) is 7.65. The van der Waals surface area contributed by atoms with Gasteiger partial charge >= 0.3 is 0 Å². The molecule has 0 aromatic heterocycles. The molecule has 1 unspecified atom stereocenters. The Morgan fingerprint density at radius 3 is 2.55 bits per heavy atom. The summed E-state index contributed by atoms with van der Waals surface area (Å²) in [5.41, 5.74) is 6.67. The standard InChI is InChI=1S/C9H18IN/c1-4-9(3,10)6-5-8(2)7-11/h7H,4-6,11H2,1-3H3/b8-7-. The summed E-state index contributed by atoms with van der Waals surface area (Å²) in [6.07, 6.45) is 5.29. The first-order chi connectivity index (χ1) is 5.02. The Kier molecular flexibility index (Phi) is 5.13. The van der Waals surface area contributed by atoms with Gasteiger partial charge in [-0.25, -0.2) is 0 Å². The Morgan fingerprint density at radius 2 is 2.18 bits per heavy atom. The van der Waals surface area contributed by atoms with Gasteiger partial charge in [-0.05, 0) is 32.4 Å². The van der Waals surface area contributed by atoms with E-state index in [1.165, 1.54) is 18.4 Å². The van der Waals surface area contributed by atoms with E-state index in [1.54, 1.807) is 6.20 Å². The fraction of sp³-hybridized carbons (Fsp3) is 0.778. The van der Waals surface area contributed by atoms with E-state index in [4.69, 9.17) is 5.73 Å². The van der Waals surface area contributed by atoms with Gasteiger partial charge in [0.05, 0.1) is 0 Å². The minimum atomic E-state index is 0.446. The second-order valence-electron chi connectivity index (χ2n) is 3.28. The maximum atomic E-state index is 5.38. The Labute approximate surface area is 83.6 Å². The summed E-state index contributed by atoms with van der Waals surface area (Å²) in [5, 5.41) is 0. The highest BCUT2D eigenvalue weighted by Crippen LogP contribution is 2.28. The highest BCUT2D eigenvalue weighted by Gasteiger charge is 2.16. The van der Waals surface area contributed by atoms with Crippen LogP contribution >= 0.6 is 22.6 Å². The molecule has 0 aliphatic heterocycles. The van der Waals surface area contributed by atoms with E-state index in [2.05, 4.69) is 43.4 Å². The van der Waals surface area contributed by atoms with E-state index in [9.17, 15) is 0 Å². The molecule has 0 aliphatic rings. The van der Waals surface area contributed by atoms with Crippen LogP contribution in [0.5, 0.6) is 0 Å². The first-order valence-electron chi connectivity index (χ1n) is 4.08. The van der Waals surface area contributed by atoms with E-state index in [1.807, 2.05) is 0 Å². The van der Waals surface area contributed by atoms with Crippen molar-refractivity contribution < 1.29 is 0 Å². The van der Waals surface area contributed by atoms with E-state index in [0.717, 1.165) is 6.42 Å². The van der Waals surface area contributed by atoms with Crippen molar-refractivity contribution in [1.29, 1.82) is 0 Å². The number of hydrogen-bond acceptors (Lipinski definition) is 1. The average molecular weight is 267 g/mol. The summed E-state index contributed by atoms with van der Waals surface area (Å²) in [4.78, 5) is 0. The number of nitrogens with two attached hydrogens (primary N) is 1. The summed E-state index contributed by atoms with van der Waals surface area (Å²) in [6.45, 7) is 6.60. The summed E-state index contributed by atoms with van der Waals surface area (Å²) < 4.78 is 0.446. The monoisotopic (exact) mass is 267 g/mol. The highest BCUT2D eigenvalue weighted by atomic mass is 127. The van der Waals surface area contributed by atoms with Crippen LogP contribution in [0.25, 0.3) is 0 Å². The number of hydrogen-bond donors (Lipinski definition) is 1. The van der Waals surface area contributed by atoms with Crippen LogP contribution < -0.4 is 5.73 Å². The van der Waals surface area contributed by atoms with Crippen LogP contribution in [0.4, 0.5) is 0 Å². The molecule has 0 amide bonds. The molecule has 0 fully saturated rings. The van der Waals surface area contributed by atoms with E-state index in [-0.39, 0.29) is 0 Å².